The molecule has 4 heteroatoms. The highest BCUT2D eigenvalue weighted by Crippen LogP contribution is 2.33. The van der Waals surface area contributed by atoms with Crippen LogP contribution in [0, 0.1) is 0 Å². The van der Waals surface area contributed by atoms with Crippen LogP contribution >= 0.6 is 11.6 Å². The normalized spacial score (nSPS) is 10.2. The Kier molecular flexibility index (Phi) is 3.63. The van der Waals surface area contributed by atoms with E-state index in [0.29, 0.717) is 16.5 Å². The lowest BCUT2D eigenvalue weighted by Crippen LogP contribution is -1.87. The molecule has 0 atom stereocenters. The van der Waals surface area contributed by atoms with E-state index in [0.717, 1.165) is 11.1 Å². The van der Waals surface area contributed by atoms with Gasteiger partial charge in [0.15, 0.2) is 0 Å². The molecule has 0 aliphatic carbocycles. The number of phenolic OH excluding ortho intramolecular Hbond substituents is 1. The summed E-state index contributed by atoms with van der Waals surface area (Å²) in [6, 6.07) is 10.5. The predicted octanol–water partition coefficient (Wildman–Crippen LogP) is 3.73. The van der Waals surface area contributed by atoms with Crippen LogP contribution in [0.3, 0.4) is 0 Å². The molecule has 0 bridgehead atoms. The summed E-state index contributed by atoms with van der Waals surface area (Å²) in [5, 5.41) is 10.1. The first kappa shape index (κ1) is 12.6. The number of methoxy groups -OCH3 is 2. The molecule has 0 fully saturated rings. The lowest BCUT2D eigenvalue weighted by Gasteiger charge is -2.08. The second-order valence-electron chi connectivity index (χ2n) is 3.77. The number of rotatable bonds is 3. The Morgan fingerprint density at radius 3 is 2.33 bits per heavy atom. The van der Waals surface area contributed by atoms with E-state index in [1.54, 1.807) is 38.5 Å². The third kappa shape index (κ3) is 2.51. The molecule has 0 aliphatic heterocycles. The van der Waals surface area contributed by atoms with Crippen LogP contribution < -0.4 is 9.47 Å². The van der Waals surface area contributed by atoms with E-state index in [1.165, 1.54) is 0 Å². The molecule has 0 spiro atoms. The molecule has 0 radical (unpaired) electrons. The number of hydrogen-bond donors (Lipinski definition) is 1. The third-order valence-corrected chi connectivity index (χ3v) is 2.91. The molecule has 3 nitrogen and oxygen atoms in total. The highest BCUT2D eigenvalue weighted by Gasteiger charge is 2.06. The van der Waals surface area contributed by atoms with E-state index in [2.05, 4.69) is 0 Å². The zero-order chi connectivity index (χ0) is 13.1. The van der Waals surface area contributed by atoms with Crippen LogP contribution in [-0.4, -0.2) is 19.3 Å². The van der Waals surface area contributed by atoms with Gasteiger partial charge in [0.1, 0.15) is 17.2 Å². The highest BCUT2D eigenvalue weighted by molar-refractivity contribution is 6.32. The molecule has 94 valence electrons. The van der Waals surface area contributed by atoms with Crippen LogP contribution in [0.25, 0.3) is 11.1 Å². The van der Waals surface area contributed by atoms with Crippen molar-refractivity contribution in [3.63, 3.8) is 0 Å². The summed E-state index contributed by atoms with van der Waals surface area (Å²) >= 11 is 6.07. The molecule has 0 saturated heterocycles. The fraction of sp³-hybridized carbons (Fsp3) is 0.143. The maximum Gasteiger partial charge on any atom is 0.137 e. The molecular formula is C14H13ClO3. The van der Waals surface area contributed by atoms with Gasteiger partial charge in [-0.3, -0.25) is 0 Å². The van der Waals surface area contributed by atoms with Gasteiger partial charge in [-0.05, 0) is 35.4 Å². The van der Waals surface area contributed by atoms with Gasteiger partial charge in [-0.2, -0.15) is 0 Å². The van der Waals surface area contributed by atoms with Crippen LogP contribution in [0.2, 0.25) is 5.02 Å². The zero-order valence-corrected chi connectivity index (χ0v) is 10.9. The van der Waals surface area contributed by atoms with Crippen LogP contribution in [-0.2, 0) is 0 Å². The molecule has 0 saturated carbocycles. The largest absolute Gasteiger partial charge is 0.508 e. The van der Waals surface area contributed by atoms with Crippen molar-refractivity contribution in [3.05, 3.63) is 41.4 Å². The molecule has 0 heterocycles. The van der Waals surface area contributed by atoms with E-state index in [-0.39, 0.29) is 5.75 Å². The number of phenols is 1. The number of hydrogen-bond acceptors (Lipinski definition) is 3. The summed E-state index contributed by atoms with van der Waals surface area (Å²) in [7, 11) is 3.12. The highest BCUT2D eigenvalue weighted by atomic mass is 35.5. The number of ether oxygens (including phenoxy) is 2. The molecule has 0 aromatic heterocycles. The van der Waals surface area contributed by atoms with Crippen molar-refractivity contribution in [1.82, 2.24) is 0 Å². The van der Waals surface area contributed by atoms with Crippen molar-refractivity contribution in [1.29, 1.82) is 0 Å². The number of benzene rings is 2. The average molecular weight is 265 g/mol. The lowest BCUT2D eigenvalue weighted by molar-refractivity contribution is 0.408. The molecule has 0 unspecified atom stereocenters. The van der Waals surface area contributed by atoms with Crippen LogP contribution in [0.1, 0.15) is 0 Å². The Morgan fingerprint density at radius 2 is 1.72 bits per heavy atom. The number of halogens is 1. The second-order valence-corrected chi connectivity index (χ2v) is 4.18. The molecule has 1 N–H and O–H groups in total. The van der Waals surface area contributed by atoms with Crippen molar-refractivity contribution in [2.24, 2.45) is 0 Å². The monoisotopic (exact) mass is 264 g/mol. The van der Waals surface area contributed by atoms with Gasteiger partial charge in [-0.15, -0.1) is 0 Å². The van der Waals surface area contributed by atoms with Gasteiger partial charge in [-0.1, -0.05) is 17.7 Å². The average Bonchev–Trinajstić information content (AvgIpc) is 2.37. The minimum absolute atomic E-state index is 0.149. The first-order valence-corrected chi connectivity index (χ1v) is 5.74. The van der Waals surface area contributed by atoms with E-state index in [4.69, 9.17) is 21.1 Å². The van der Waals surface area contributed by atoms with Crippen molar-refractivity contribution >= 4 is 11.6 Å². The summed E-state index contributed by atoms with van der Waals surface area (Å²) in [5.74, 6) is 1.36. The first-order chi connectivity index (χ1) is 8.63. The van der Waals surface area contributed by atoms with E-state index in [9.17, 15) is 5.11 Å². The minimum Gasteiger partial charge on any atom is -0.508 e. The summed E-state index contributed by atoms with van der Waals surface area (Å²) in [6.07, 6.45) is 0. The molecule has 2 aromatic rings. The minimum atomic E-state index is 0.149. The van der Waals surface area contributed by atoms with Gasteiger partial charge in [0.2, 0.25) is 0 Å². The van der Waals surface area contributed by atoms with Gasteiger partial charge in [0, 0.05) is 6.07 Å². The van der Waals surface area contributed by atoms with E-state index in [1.807, 2.05) is 12.1 Å². The van der Waals surface area contributed by atoms with E-state index < -0.39 is 0 Å². The van der Waals surface area contributed by atoms with Gasteiger partial charge in [0.25, 0.3) is 0 Å². The van der Waals surface area contributed by atoms with E-state index >= 15 is 0 Å². The predicted molar refractivity (Wildman–Crippen MR) is 71.7 cm³/mol. The molecular weight excluding hydrogens is 252 g/mol. The molecule has 0 aliphatic rings. The SMILES string of the molecule is COc1cc(O)cc(-c2ccc(OC)c(Cl)c2)c1. The molecule has 0 amide bonds. The van der Waals surface area contributed by atoms with Gasteiger partial charge in [0.05, 0.1) is 19.2 Å². The Morgan fingerprint density at radius 1 is 0.944 bits per heavy atom. The lowest BCUT2D eigenvalue weighted by atomic mass is 10.0. The smallest absolute Gasteiger partial charge is 0.137 e. The maximum atomic E-state index is 9.62. The summed E-state index contributed by atoms with van der Waals surface area (Å²) < 4.78 is 10.2. The van der Waals surface area contributed by atoms with Gasteiger partial charge < -0.3 is 14.6 Å². The molecule has 2 aromatic carbocycles. The Hall–Kier alpha value is -1.87. The van der Waals surface area contributed by atoms with Crippen LogP contribution in [0.15, 0.2) is 36.4 Å². The van der Waals surface area contributed by atoms with Crippen molar-refractivity contribution in [3.8, 4) is 28.4 Å². The quantitative estimate of drug-likeness (QED) is 0.918. The summed E-state index contributed by atoms with van der Waals surface area (Å²) in [6.45, 7) is 0. The topological polar surface area (TPSA) is 38.7 Å². The summed E-state index contributed by atoms with van der Waals surface area (Å²) in [5.41, 5.74) is 1.71. The van der Waals surface area contributed by atoms with Crippen molar-refractivity contribution in [2.75, 3.05) is 14.2 Å². The fourth-order valence-corrected chi connectivity index (χ4v) is 1.97. The second kappa shape index (κ2) is 5.19. The van der Waals surface area contributed by atoms with Gasteiger partial charge >= 0.3 is 0 Å². The van der Waals surface area contributed by atoms with Crippen LogP contribution in [0.4, 0.5) is 0 Å². The Labute approximate surface area is 111 Å². The molecule has 18 heavy (non-hydrogen) atoms. The molecule has 2 rings (SSSR count). The Bertz CT molecular complexity index is 567. The fourth-order valence-electron chi connectivity index (χ4n) is 1.71. The number of aromatic hydroxyl groups is 1. The van der Waals surface area contributed by atoms with Crippen LogP contribution in [0.5, 0.6) is 17.2 Å². The summed E-state index contributed by atoms with van der Waals surface area (Å²) in [4.78, 5) is 0. The maximum absolute atomic E-state index is 9.62. The standard InChI is InChI=1S/C14H13ClO3/c1-17-12-6-10(5-11(16)8-12)9-3-4-14(18-2)13(15)7-9/h3-8,16H,1-2H3. The Balaban J connectivity index is 2.48. The zero-order valence-electron chi connectivity index (χ0n) is 10.1. The van der Waals surface area contributed by atoms with Crippen molar-refractivity contribution in [2.45, 2.75) is 0 Å². The van der Waals surface area contributed by atoms with Crippen molar-refractivity contribution < 1.29 is 14.6 Å². The third-order valence-electron chi connectivity index (χ3n) is 2.61. The first-order valence-electron chi connectivity index (χ1n) is 5.36. The van der Waals surface area contributed by atoms with Gasteiger partial charge in [-0.25, -0.2) is 0 Å².